The number of hydrogen-bond donors (Lipinski definition) is 2. The third-order valence-corrected chi connectivity index (χ3v) is 4.07. The van der Waals surface area contributed by atoms with Gasteiger partial charge in [0, 0.05) is 25.1 Å². The normalized spacial score (nSPS) is 11.5. The highest BCUT2D eigenvalue weighted by Gasteiger charge is 2.12. The smallest absolute Gasteiger partial charge is 0.269 e. The van der Waals surface area contributed by atoms with Crippen molar-refractivity contribution in [3.63, 3.8) is 0 Å². The van der Waals surface area contributed by atoms with E-state index in [4.69, 9.17) is 9.47 Å². The number of non-ortho nitro benzene ring substituents is 1. The summed E-state index contributed by atoms with van der Waals surface area (Å²) >= 11 is 0. The number of nitro benzene ring substituents is 1. The van der Waals surface area contributed by atoms with Crippen LogP contribution in [0.4, 0.5) is 5.69 Å². The van der Waals surface area contributed by atoms with Crippen LogP contribution in [0.2, 0.25) is 0 Å². The van der Waals surface area contributed by atoms with Crippen LogP contribution in [0, 0.1) is 10.1 Å². The van der Waals surface area contributed by atoms with Crippen LogP contribution < -0.4 is 14.8 Å². The molecule has 0 heterocycles. The molecule has 2 aromatic carbocycles. The number of hydrogen-bond acceptors (Lipinski definition) is 6. The number of nitro groups is 1. The van der Waals surface area contributed by atoms with Crippen molar-refractivity contribution in [1.82, 2.24) is 5.32 Å². The molecule has 1 unspecified atom stereocenters. The van der Waals surface area contributed by atoms with Crippen molar-refractivity contribution in [2.75, 3.05) is 20.8 Å². The van der Waals surface area contributed by atoms with Crippen molar-refractivity contribution in [1.29, 1.82) is 0 Å². The fraction of sp³-hybridized carbons (Fsp3) is 0.316. The molecule has 0 aliphatic heterocycles. The first-order chi connectivity index (χ1) is 12.9. The lowest BCUT2D eigenvalue weighted by Gasteiger charge is -2.13. The molecule has 2 aromatic rings. The minimum atomic E-state index is -0.934. The number of amides is 1. The van der Waals surface area contributed by atoms with E-state index in [1.54, 1.807) is 20.3 Å². The summed E-state index contributed by atoms with van der Waals surface area (Å²) < 4.78 is 10.4. The molecule has 0 saturated carbocycles. The molecule has 0 radical (unpaired) electrons. The molecule has 0 aromatic heterocycles. The Balaban J connectivity index is 1.82. The Morgan fingerprint density at radius 2 is 1.81 bits per heavy atom. The second kappa shape index (κ2) is 9.54. The van der Waals surface area contributed by atoms with Crippen LogP contribution in [-0.2, 0) is 11.2 Å². The molecular formula is C19H22N2O6. The Labute approximate surface area is 156 Å². The van der Waals surface area contributed by atoms with Crippen LogP contribution in [0.25, 0.3) is 0 Å². The molecule has 27 heavy (non-hydrogen) atoms. The maximum atomic E-state index is 12.0. The third kappa shape index (κ3) is 5.68. The van der Waals surface area contributed by atoms with Gasteiger partial charge in [0.25, 0.3) is 5.69 Å². The number of aliphatic hydroxyl groups excluding tert-OH is 1. The van der Waals surface area contributed by atoms with E-state index in [1.165, 1.54) is 24.3 Å². The van der Waals surface area contributed by atoms with Gasteiger partial charge in [-0.15, -0.1) is 0 Å². The summed E-state index contributed by atoms with van der Waals surface area (Å²) in [5, 5.41) is 23.4. The van der Waals surface area contributed by atoms with Gasteiger partial charge in [0.05, 0.1) is 25.2 Å². The molecule has 8 nitrogen and oxygen atoms in total. The van der Waals surface area contributed by atoms with Gasteiger partial charge in [-0.25, -0.2) is 0 Å². The number of aliphatic hydroxyl groups is 1. The Morgan fingerprint density at radius 1 is 1.15 bits per heavy atom. The number of aryl methyl sites for hydroxylation is 1. The van der Waals surface area contributed by atoms with E-state index in [-0.39, 0.29) is 24.6 Å². The van der Waals surface area contributed by atoms with E-state index in [0.717, 1.165) is 5.56 Å². The van der Waals surface area contributed by atoms with Crippen molar-refractivity contribution in [2.45, 2.75) is 18.9 Å². The van der Waals surface area contributed by atoms with Crippen LogP contribution >= 0.6 is 0 Å². The highest BCUT2D eigenvalue weighted by Crippen LogP contribution is 2.28. The maximum absolute atomic E-state index is 12.0. The van der Waals surface area contributed by atoms with E-state index in [1.807, 2.05) is 12.1 Å². The number of methoxy groups -OCH3 is 2. The van der Waals surface area contributed by atoms with Crippen LogP contribution in [0.1, 0.15) is 23.7 Å². The van der Waals surface area contributed by atoms with E-state index in [2.05, 4.69) is 5.32 Å². The molecule has 0 fully saturated rings. The van der Waals surface area contributed by atoms with E-state index >= 15 is 0 Å². The maximum Gasteiger partial charge on any atom is 0.269 e. The van der Waals surface area contributed by atoms with Gasteiger partial charge >= 0.3 is 0 Å². The van der Waals surface area contributed by atoms with Crippen molar-refractivity contribution in [3.8, 4) is 11.5 Å². The fourth-order valence-electron chi connectivity index (χ4n) is 2.53. The number of nitrogens with zero attached hydrogens (tertiary/aromatic N) is 1. The Kier molecular flexibility index (Phi) is 7.13. The Bertz CT molecular complexity index is 791. The fourth-order valence-corrected chi connectivity index (χ4v) is 2.53. The minimum Gasteiger partial charge on any atom is -0.493 e. The summed E-state index contributed by atoms with van der Waals surface area (Å²) in [6, 6.07) is 11.0. The molecule has 1 atom stereocenters. The van der Waals surface area contributed by atoms with Gasteiger partial charge in [-0.2, -0.15) is 0 Å². The summed E-state index contributed by atoms with van der Waals surface area (Å²) in [6.45, 7) is 0.0303. The zero-order valence-electron chi connectivity index (χ0n) is 15.2. The molecule has 1 amide bonds. The monoisotopic (exact) mass is 374 g/mol. The van der Waals surface area contributed by atoms with Gasteiger partial charge in [0.1, 0.15) is 0 Å². The van der Waals surface area contributed by atoms with E-state index < -0.39 is 11.0 Å². The molecule has 0 saturated heterocycles. The standard InChI is InChI=1S/C19H22N2O6/c1-26-17-9-3-13(11-18(17)27-2)4-10-19(23)20-12-16(22)14-5-7-15(8-6-14)21(24)25/h3,5-9,11,16,22H,4,10,12H2,1-2H3,(H,20,23). The van der Waals surface area contributed by atoms with Crippen molar-refractivity contribution in [3.05, 3.63) is 63.7 Å². The topological polar surface area (TPSA) is 111 Å². The lowest BCUT2D eigenvalue weighted by Crippen LogP contribution is -2.28. The van der Waals surface area contributed by atoms with Crippen LogP contribution in [0.5, 0.6) is 11.5 Å². The largest absolute Gasteiger partial charge is 0.493 e. The lowest BCUT2D eigenvalue weighted by atomic mass is 10.1. The number of carbonyl (C=O) groups is 1. The summed E-state index contributed by atoms with van der Waals surface area (Å²) in [7, 11) is 3.11. The van der Waals surface area contributed by atoms with Gasteiger partial charge in [-0.3, -0.25) is 14.9 Å². The van der Waals surface area contributed by atoms with Crippen LogP contribution in [0.15, 0.2) is 42.5 Å². The predicted molar refractivity (Wildman–Crippen MR) is 98.9 cm³/mol. The van der Waals surface area contributed by atoms with Crippen LogP contribution in [-0.4, -0.2) is 36.7 Å². The third-order valence-electron chi connectivity index (χ3n) is 4.07. The number of ether oxygens (including phenoxy) is 2. The molecule has 2 rings (SSSR count). The number of rotatable bonds is 9. The van der Waals surface area contributed by atoms with Gasteiger partial charge < -0.3 is 19.9 Å². The lowest BCUT2D eigenvalue weighted by molar-refractivity contribution is -0.384. The first-order valence-electron chi connectivity index (χ1n) is 8.34. The number of benzene rings is 2. The second-order valence-corrected chi connectivity index (χ2v) is 5.86. The summed E-state index contributed by atoms with van der Waals surface area (Å²) in [5.41, 5.74) is 1.38. The summed E-state index contributed by atoms with van der Waals surface area (Å²) in [4.78, 5) is 22.1. The van der Waals surface area contributed by atoms with Gasteiger partial charge in [0.15, 0.2) is 11.5 Å². The van der Waals surface area contributed by atoms with Gasteiger partial charge in [0.2, 0.25) is 5.91 Å². The van der Waals surface area contributed by atoms with Crippen LogP contribution in [0.3, 0.4) is 0 Å². The second-order valence-electron chi connectivity index (χ2n) is 5.86. The van der Waals surface area contributed by atoms with Crippen molar-refractivity contribution >= 4 is 11.6 Å². The summed E-state index contributed by atoms with van der Waals surface area (Å²) in [6.07, 6.45) is -0.168. The first kappa shape index (κ1) is 20.2. The zero-order valence-corrected chi connectivity index (χ0v) is 15.2. The molecular weight excluding hydrogens is 352 g/mol. The molecule has 0 aliphatic rings. The van der Waals surface area contributed by atoms with Crippen molar-refractivity contribution in [2.24, 2.45) is 0 Å². The SMILES string of the molecule is COc1ccc(CCC(=O)NCC(O)c2ccc([N+](=O)[O-])cc2)cc1OC. The zero-order chi connectivity index (χ0) is 19.8. The summed E-state index contributed by atoms with van der Waals surface area (Å²) in [5.74, 6) is 1.02. The van der Waals surface area contributed by atoms with Gasteiger partial charge in [-0.05, 0) is 41.8 Å². The predicted octanol–water partition coefficient (Wildman–Crippen LogP) is 2.39. The Morgan fingerprint density at radius 3 is 2.41 bits per heavy atom. The number of carbonyl (C=O) groups excluding carboxylic acids is 1. The average Bonchev–Trinajstić information content (AvgIpc) is 2.70. The van der Waals surface area contributed by atoms with Crippen molar-refractivity contribution < 1.29 is 24.3 Å². The molecule has 0 aliphatic carbocycles. The number of nitrogens with one attached hydrogen (secondary N) is 1. The first-order valence-corrected chi connectivity index (χ1v) is 8.34. The van der Waals surface area contributed by atoms with Gasteiger partial charge in [-0.1, -0.05) is 6.07 Å². The highest BCUT2D eigenvalue weighted by molar-refractivity contribution is 5.76. The van der Waals surface area contributed by atoms with E-state index in [0.29, 0.717) is 23.5 Å². The molecule has 0 bridgehead atoms. The molecule has 2 N–H and O–H groups in total. The highest BCUT2D eigenvalue weighted by atomic mass is 16.6. The quantitative estimate of drug-likeness (QED) is 0.515. The van der Waals surface area contributed by atoms with E-state index in [9.17, 15) is 20.0 Å². The molecule has 8 heteroatoms. The molecule has 0 spiro atoms. The molecule has 144 valence electrons. The average molecular weight is 374 g/mol. The minimum absolute atomic E-state index is 0.0303. The Hall–Kier alpha value is -3.13.